The first-order valence-corrected chi connectivity index (χ1v) is 9.86. The number of likely N-dealkylation sites (N-methyl/N-ethyl adjacent to an activating group) is 1. The molecular weight excluding hydrogens is 374 g/mol. The van der Waals surface area contributed by atoms with Crippen molar-refractivity contribution in [2.45, 2.75) is 37.6 Å². The van der Waals surface area contributed by atoms with Crippen LogP contribution in [0, 0.1) is 0 Å². The van der Waals surface area contributed by atoms with Gasteiger partial charge in [-0.3, -0.25) is 4.79 Å². The summed E-state index contributed by atoms with van der Waals surface area (Å²) in [6, 6.07) is 17.4. The molecule has 0 spiro atoms. The Labute approximate surface area is 169 Å². The van der Waals surface area contributed by atoms with E-state index >= 15 is 0 Å². The minimum atomic E-state index is -0.453. The fraction of sp³-hybridized carbons (Fsp3) is 0.318. The number of halogens is 1. The predicted molar refractivity (Wildman–Crippen MR) is 108 cm³/mol. The van der Waals surface area contributed by atoms with Gasteiger partial charge in [-0.15, -0.1) is 0 Å². The molecule has 0 atom stereocenters. The number of rotatable bonds is 5. The van der Waals surface area contributed by atoms with Crippen LogP contribution in [0.4, 0.5) is 0 Å². The first-order valence-electron chi connectivity index (χ1n) is 9.48. The van der Waals surface area contributed by atoms with Crippen LogP contribution in [0.1, 0.15) is 37.1 Å². The van der Waals surface area contributed by atoms with Crippen LogP contribution in [0.25, 0.3) is 11.4 Å². The van der Waals surface area contributed by atoms with Gasteiger partial charge in [-0.1, -0.05) is 72.1 Å². The van der Waals surface area contributed by atoms with Gasteiger partial charge in [0.1, 0.15) is 0 Å². The van der Waals surface area contributed by atoms with E-state index in [-0.39, 0.29) is 12.5 Å². The first kappa shape index (κ1) is 18.7. The Morgan fingerprint density at radius 2 is 1.89 bits per heavy atom. The third-order valence-corrected chi connectivity index (χ3v) is 5.70. The second-order valence-corrected chi connectivity index (χ2v) is 7.77. The third-order valence-electron chi connectivity index (χ3n) is 5.46. The molecule has 28 heavy (non-hydrogen) atoms. The van der Waals surface area contributed by atoms with E-state index in [0.717, 1.165) is 36.8 Å². The Balaban J connectivity index is 1.53. The molecule has 0 aliphatic heterocycles. The van der Waals surface area contributed by atoms with E-state index in [1.807, 2.05) is 30.3 Å². The summed E-state index contributed by atoms with van der Waals surface area (Å²) in [7, 11) is 1.80. The van der Waals surface area contributed by atoms with Crippen molar-refractivity contribution in [3.8, 4) is 11.4 Å². The summed E-state index contributed by atoms with van der Waals surface area (Å²) in [6.45, 7) is 0.279. The number of aromatic nitrogens is 2. The number of hydrogen-bond acceptors (Lipinski definition) is 4. The van der Waals surface area contributed by atoms with Crippen LogP contribution in [-0.4, -0.2) is 28.0 Å². The summed E-state index contributed by atoms with van der Waals surface area (Å²) in [5.74, 6) is 0.989. The molecule has 5 nitrogen and oxygen atoms in total. The van der Waals surface area contributed by atoms with Gasteiger partial charge in [0.25, 0.3) is 0 Å². The second-order valence-electron chi connectivity index (χ2n) is 7.34. The summed E-state index contributed by atoms with van der Waals surface area (Å²) < 4.78 is 5.38. The Hall–Kier alpha value is -2.66. The highest BCUT2D eigenvalue weighted by atomic mass is 35.5. The van der Waals surface area contributed by atoms with Crippen molar-refractivity contribution in [2.75, 3.05) is 7.05 Å². The lowest BCUT2D eigenvalue weighted by atomic mass is 9.77. The van der Waals surface area contributed by atoms with Crippen molar-refractivity contribution < 1.29 is 9.32 Å². The van der Waals surface area contributed by atoms with Crippen LogP contribution in [0.15, 0.2) is 59.1 Å². The zero-order valence-electron chi connectivity index (χ0n) is 15.8. The lowest BCUT2D eigenvalue weighted by Crippen LogP contribution is -2.43. The summed E-state index contributed by atoms with van der Waals surface area (Å²) in [4.78, 5) is 19.5. The van der Waals surface area contributed by atoms with Gasteiger partial charge in [0.05, 0.1) is 12.0 Å². The van der Waals surface area contributed by atoms with Crippen LogP contribution >= 0.6 is 11.6 Å². The summed E-state index contributed by atoms with van der Waals surface area (Å²) >= 11 is 6.03. The smallest absolute Gasteiger partial charge is 0.246 e. The molecular formula is C22H22ClN3O2. The SMILES string of the molecule is CN(Cc1nc(-c2cccc(Cl)c2)no1)C(=O)C1(c2ccccc2)CCCC1. The molecule has 0 bridgehead atoms. The molecule has 3 aromatic rings. The van der Waals surface area contributed by atoms with Gasteiger partial charge in [0.15, 0.2) is 0 Å². The molecule has 0 radical (unpaired) electrons. The maximum atomic E-state index is 13.4. The molecule has 1 fully saturated rings. The number of benzene rings is 2. The molecule has 1 aliphatic carbocycles. The number of carbonyl (C=O) groups excluding carboxylic acids is 1. The van der Waals surface area contributed by atoms with E-state index in [2.05, 4.69) is 22.3 Å². The quantitative estimate of drug-likeness (QED) is 0.619. The van der Waals surface area contributed by atoms with E-state index in [4.69, 9.17) is 16.1 Å². The molecule has 0 unspecified atom stereocenters. The van der Waals surface area contributed by atoms with Crippen LogP contribution in [0.5, 0.6) is 0 Å². The van der Waals surface area contributed by atoms with Gasteiger partial charge < -0.3 is 9.42 Å². The predicted octanol–water partition coefficient (Wildman–Crippen LogP) is 4.86. The molecule has 2 aromatic carbocycles. The van der Waals surface area contributed by atoms with Crippen molar-refractivity contribution in [3.63, 3.8) is 0 Å². The Kier molecular flexibility index (Phi) is 5.18. The molecule has 1 aromatic heterocycles. The summed E-state index contributed by atoms with van der Waals surface area (Å²) in [5.41, 5.74) is 1.42. The largest absolute Gasteiger partial charge is 0.337 e. The van der Waals surface area contributed by atoms with Crippen molar-refractivity contribution >= 4 is 17.5 Å². The Morgan fingerprint density at radius 3 is 2.61 bits per heavy atom. The Bertz CT molecular complexity index is 965. The average molecular weight is 396 g/mol. The highest BCUT2D eigenvalue weighted by molar-refractivity contribution is 6.30. The van der Waals surface area contributed by atoms with Crippen LogP contribution in [0.2, 0.25) is 5.02 Å². The van der Waals surface area contributed by atoms with Crippen molar-refractivity contribution in [3.05, 3.63) is 71.1 Å². The fourth-order valence-corrected chi connectivity index (χ4v) is 4.26. The van der Waals surface area contributed by atoms with Crippen LogP contribution < -0.4 is 0 Å². The number of carbonyl (C=O) groups is 1. The molecule has 144 valence electrons. The molecule has 0 saturated heterocycles. The second kappa shape index (κ2) is 7.76. The molecule has 1 aliphatic rings. The number of nitrogens with zero attached hydrogens (tertiary/aromatic N) is 3. The normalized spacial score (nSPS) is 15.5. The molecule has 1 saturated carbocycles. The summed E-state index contributed by atoms with van der Waals surface area (Å²) in [5, 5.41) is 4.64. The minimum Gasteiger partial charge on any atom is -0.337 e. The van der Waals surface area contributed by atoms with Crippen molar-refractivity contribution in [1.82, 2.24) is 15.0 Å². The zero-order valence-corrected chi connectivity index (χ0v) is 16.5. The van der Waals surface area contributed by atoms with Gasteiger partial charge in [-0.2, -0.15) is 4.98 Å². The fourth-order valence-electron chi connectivity index (χ4n) is 4.07. The lowest BCUT2D eigenvalue weighted by Gasteiger charge is -2.32. The third kappa shape index (κ3) is 3.54. The number of hydrogen-bond donors (Lipinski definition) is 0. The van der Waals surface area contributed by atoms with E-state index < -0.39 is 5.41 Å². The van der Waals surface area contributed by atoms with E-state index in [1.54, 1.807) is 24.1 Å². The van der Waals surface area contributed by atoms with Crippen molar-refractivity contribution in [2.24, 2.45) is 0 Å². The van der Waals surface area contributed by atoms with Gasteiger partial charge in [0.2, 0.25) is 17.6 Å². The maximum absolute atomic E-state index is 13.4. The maximum Gasteiger partial charge on any atom is 0.246 e. The first-order chi connectivity index (χ1) is 13.6. The molecule has 6 heteroatoms. The highest BCUT2D eigenvalue weighted by Gasteiger charge is 2.44. The topological polar surface area (TPSA) is 59.2 Å². The van der Waals surface area contributed by atoms with Crippen LogP contribution in [-0.2, 0) is 16.8 Å². The Morgan fingerprint density at radius 1 is 1.14 bits per heavy atom. The molecule has 1 heterocycles. The summed E-state index contributed by atoms with van der Waals surface area (Å²) in [6.07, 6.45) is 3.87. The van der Waals surface area contributed by atoms with Crippen LogP contribution in [0.3, 0.4) is 0 Å². The highest BCUT2D eigenvalue weighted by Crippen LogP contribution is 2.42. The van der Waals surface area contributed by atoms with E-state index in [0.29, 0.717) is 16.7 Å². The molecule has 4 rings (SSSR count). The standard InChI is InChI=1S/C22H22ClN3O2/c1-26(15-19-24-20(25-28-19)16-8-7-11-18(23)14-16)21(27)22(12-5-6-13-22)17-9-3-2-4-10-17/h2-4,7-11,14H,5-6,12-13,15H2,1H3. The molecule has 0 N–H and O–H groups in total. The van der Waals surface area contributed by atoms with Gasteiger partial charge in [0, 0.05) is 17.6 Å². The van der Waals surface area contributed by atoms with Crippen molar-refractivity contribution in [1.29, 1.82) is 0 Å². The lowest BCUT2D eigenvalue weighted by molar-refractivity contribution is -0.136. The molecule has 1 amide bonds. The van der Waals surface area contributed by atoms with E-state index in [1.165, 1.54) is 0 Å². The zero-order chi connectivity index (χ0) is 19.6. The average Bonchev–Trinajstić information content (AvgIpc) is 3.39. The van der Waals surface area contributed by atoms with Gasteiger partial charge >= 0.3 is 0 Å². The van der Waals surface area contributed by atoms with Gasteiger partial charge in [-0.25, -0.2) is 0 Å². The minimum absolute atomic E-state index is 0.110. The monoisotopic (exact) mass is 395 g/mol. The van der Waals surface area contributed by atoms with Gasteiger partial charge in [-0.05, 0) is 30.5 Å². The van der Waals surface area contributed by atoms with E-state index in [9.17, 15) is 4.79 Å². The number of amides is 1.